The summed E-state index contributed by atoms with van der Waals surface area (Å²) in [4.78, 5) is 27.8. The minimum atomic E-state index is -0.478. The first kappa shape index (κ1) is 29.6. The van der Waals surface area contributed by atoms with Gasteiger partial charge in [-0.05, 0) is 66.1 Å². The molecular formula is C32H33FN4O6. The Balaban J connectivity index is 1.22. The third-order valence-electron chi connectivity index (χ3n) is 7.18. The summed E-state index contributed by atoms with van der Waals surface area (Å²) in [6.07, 6.45) is 0.378. The monoisotopic (exact) mass is 588 g/mol. The number of nitrogens with one attached hydrogen (secondary N) is 2. The van der Waals surface area contributed by atoms with E-state index in [1.54, 1.807) is 44.6 Å². The van der Waals surface area contributed by atoms with E-state index in [0.717, 1.165) is 16.7 Å². The largest absolute Gasteiger partial charge is 0.493 e. The number of ether oxygens (including phenoxy) is 3. The van der Waals surface area contributed by atoms with E-state index in [1.807, 2.05) is 30.0 Å². The van der Waals surface area contributed by atoms with Crippen molar-refractivity contribution in [2.75, 3.05) is 50.7 Å². The third-order valence-corrected chi connectivity index (χ3v) is 7.18. The Morgan fingerprint density at radius 3 is 2.51 bits per heavy atom. The Labute approximate surface area is 248 Å². The number of morpholine rings is 1. The predicted molar refractivity (Wildman–Crippen MR) is 159 cm³/mol. The lowest BCUT2D eigenvalue weighted by Gasteiger charge is -2.29. The molecule has 224 valence electrons. The maximum Gasteiger partial charge on any atom is 0.290 e. The van der Waals surface area contributed by atoms with Gasteiger partial charge in [0.1, 0.15) is 5.82 Å². The Morgan fingerprint density at radius 2 is 1.74 bits per heavy atom. The Morgan fingerprint density at radius 1 is 0.953 bits per heavy atom. The van der Waals surface area contributed by atoms with Gasteiger partial charge in [0.15, 0.2) is 11.5 Å². The average molecular weight is 589 g/mol. The fourth-order valence-electron chi connectivity index (χ4n) is 4.81. The van der Waals surface area contributed by atoms with Crippen molar-refractivity contribution in [2.24, 2.45) is 0 Å². The molecule has 2 N–H and O–H groups in total. The van der Waals surface area contributed by atoms with Crippen LogP contribution in [0.4, 0.5) is 15.8 Å². The van der Waals surface area contributed by atoms with Gasteiger partial charge in [0.25, 0.3) is 11.8 Å². The highest BCUT2D eigenvalue weighted by atomic mass is 19.1. The zero-order chi connectivity index (χ0) is 30.3. The van der Waals surface area contributed by atoms with Gasteiger partial charge in [0.2, 0.25) is 5.76 Å². The summed E-state index contributed by atoms with van der Waals surface area (Å²) in [7, 11) is 3.11. The van der Waals surface area contributed by atoms with E-state index in [-0.39, 0.29) is 17.9 Å². The van der Waals surface area contributed by atoms with E-state index in [1.165, 1.54) is 12.1 Å². The summed E-state index contributed by atoms with van der Waals surface area (Å²) >= 11 is 0. The van der Waals surface area contributed by atoms with Crippen molar-refractivity contribution in [3.05, 3.63) is 100 Å². The van der Waals surface area contributed by atoms with Crippen LogP contribution in [0.2, 0.25) is 0 Å². The number of amides is 2. The van der Waals surface area contributed by atoms with E-state index in [4.69, 9.17) is 18.7 Å². The van der Waals surface area contributed by atoms with Crippen LogP contribution in [0.5, 0.6) is 11.5 Å². The average Bonchev–Trinajstić information content (AvgIpc) is 3.50. The van der Waals surface area contributed by atoms with Crippen LogP contribution in [-0.4, -0.2) is 57.5 Å². The van der Waals surface area contributed by atoms with E-state index >= 15 is 0 Å². The van der Waals surface area contributed by atoms with E-state index in [0.29, 0.717) is 61.3 Å². The summed E-state index contributed by atoms with van der Waals surface area (Å²) in [5.74, 6) is -0.0495. The highest BCUT2D eigenvalue weighted by Gasteiger charge is 2.17. The summed E-state index contributed by atoms with van der Waals surface area (Å²) in [6, 6.07) is 16.8. The van der Waals surface area contributed by atoms with Crippen molar-refractivity contribution < 1.29 is 32.7 Å². The molecule has 1 fully saturated rings. The number of halogens is 1. The predicted octanol–water partition coefficient (Wildman–Crippen LogP) is 4.75. The number of rotatable bonds is 10. The SMILES string of the molecule is COc1ccc(CNC(=O)c2cc(Cc3cc(NC(=O)c4cc(F)cc(N5CCOCC5)c4)ccc3C)no2)cc1OC. The van der Waals surface area contributed by atoms with Crippen LogP contribution in [0, 0.1) is 12.7 Å². The van der Waals surface area contributed by atoms with Gasteiger partial charge >= 0.3 is 0 Å². The molecule has 3 aromatic carbocycles. The molecule has 1 saturated heterocycles. The van der Waals surface area contributed by atoms with Crippen LogP contribution in [-0.2, 0) is 17.7 Å². The molecule has 2 heterocycles. The number of nitrogens with zero attached hydrogens (tertiary/aromatic N) is 2. The van der Waals surface area contributed by atoms with Crippen molar-refractivity contribution in [1.29, 1.82) is 0 Å². The molecule has 0 unspecified atom stereocenters. The second-order valence-electron chi connectivity index (χ2n) is 10.1. The number of hydrogen-bond donors (Lipinski definition) is 2. The third kappa shape index (κ3) is 7.31. The molecule has 43 heavy (non-hydrogen) atoms. The van der Waals surface area contributed by atoms with Gasteiger partial charge in [0, 0.05) is 49.1 Å². The summed E-state index contributed by atoms with van der Waals surface area (Å²) < 4.78 is 35.6. The molecular weight excluding hydrogens is 555 g/mol. The van der Waals surface area contributed by atoms with Crippen molar-refractivity contribution in [1.82, 2.24) is 10.5 Å². The second kappa shape index (κ2) is 13.4. The quantitative estimate of drug-likeness (QED) is 0.273. The highest BCUT2D eigenvalue weighted by molar-refractivity contribution is 6.05. The van der Waals surface area contributed by atoms with Crippen LogP contribution >= 0.6 is 0 Å². The Kier molecular flexibility index (Phi) is 9.21. The number of hydrogen-bond acceptors (Lipinski definition) is 8. The van der Waals surface area contributed by atoms with Gasteiger partial charge in [-0.2, -0.15) is 0 Å². The molecule has 1 aromatic heterocycles. The zero-order valence-corrected chi connectivity index (χ0v) is 24.2. The number of methoxy groups -OCH3 is 2. The highest BCUT2D eigenvalue weighted by Crippen LogP contribution is 2.28. The first-order valence-corrected chi connectivity index (χ1v) is 13.8. The van der Waals surface area contributed by atoms with E-state index < -0.39 is 17.6 Å². The lowest BCUT2D eigenvalue weighted by atomic mass is 10.0. The molecule has 0 saturated carbocycles. The molecule has 10 nitrogen and oxygen atoms in total. The molecule has 0 bridgehead atoms. The standard InChI is InChI=1S/C32H33FN4O6/c1-20-4-6-25(35-31(38)23-13-24(33)17-27(16-23)37-8-10-42-11-9-37)14-22(20)15-26-18-30(43-36-26)32(39)34-19-21-5-7-28(40-2)29(12-21)41-3/h4-7,12-14,16-18H,8-11,15,19H2,1-3H3,(H,34,39)(H,35,38). The number of carbonyl (C=O) groups excluding carboxylic acids is 2. The van der Waals surface area contributed by atoms with Crippen LogP contribution < -0.4 is 25.0 Å². The van der Waals surface area contributed by atoms with Gasteiger partial charge in [0.05, 0.1) is 33.1 Å². The van der Waals surface area contributed by atoms with Crippen molar-refractivity contribution >= 4 is 23.2 Å². The van der Waals surface area contributed by atoms with Gasteiger partial charge in [-0.1, -0.05) is 17.3 Å². The summed E-state index contributed by atoms with van der Waals surface area (Å²) in [5.41, 5.74) is 4.67. The second-order valence-corrected chi connectivity index (χ2v) is 10.1. The molecule has 4 aromatic rings. The van der Waals surface area contributed by atoms with Crippen molar-refractivity contribution in [3.8, 4) is 11.5 Å². The number of aromatic nitrogens is 1. The van der Waals surface area contributed by atoms with Crippen LogP contribution in [0.15, 0.2) is 65.2 Å². The molecule has 2 amide bonds. The van der Waals surface area contributed by atoms with Gasteiger partial charge in [-0.3, -0.25) is 9.59 Å². The van der Waals surface area contributed by atoms with Crippen molar-refractivity contribution in [2.45, 2.75) is 19.9 Å². The molecule has 0 aliphatic carbocycles. The lowest BCUT2D eigenvalue weighted by molar-refractivity contribution is 0.0913. The Bertz CT molecular complexity index is 1620. The Hall–Kier alpha value is -4.90. The normalized spacial score (nSPS) is 13.0. The summed E-state index contributed by atoms with van der Waals surface area (Å²) in [6.45, 7) is 4.58. The number of carbonyl (C=O) groups is 2. The molecule has 5 rings (SSSR count). The molecule has 1 aliphatic rings. The van der Waals surface area contributed by atoms with Gasteiger partial charge in [-0.25, -0.2) is 4.39 Å². The van der Waals surface area contributed by atoms with E-state index in [2.05, 4.69) is 15.8 Å². The number of anilines is 2. The maximum absolute atomic E-state index is 14.4. The molecule has 11 heteroatoms. The fraction of sp³-hybridized carbons (Fsp3) is 0.281. The summed E-state index contributed by atoms with van der Waals surface area (Å²) in [5, 5.41) is 9.75. The van der Waals surface area contributed by atoms with Crippen molar-refractivity contribution in [3.63, 3.8) is 0 Å². The number of aryl methyl sites for hydroxylation is 1. The van der Waals surface area contributed by atoms with Crippen LogP contribution in [0.3, 0.4) is 0 Å². The van der Waals surface area contributed by atoms with Crippen LogP contribution in [0.25, 0.3) is 0 Å². The minimum Gasteiger partial charge on any atom is -0.493 e. The van der Waals surface area contributed by atoms with Gasteiger partial charge in [-0.15, -0.1) is 0 Å². The molecule has 0 spiro atoms. The smallest absolute Gasteiger partial charge is 0.290 e. The minimum absolute atomic E-state index is 0.0831. The molecule has 0 atom stereocenters. The first-order valence-electron chi connectivity index (χ1n) is 13.8. The number of benzene rings is 3. The van der Waals surface area contributed by atoms with Crippen LogP contribution in [0.1, 0.15) is 43.3 Å². The maximum atomic E-state index is 14.4. The van der Waals surface area contributed by atoms with Gasteiger partial charge < -0.3 is 34.3 Å². The molecule has 0 radical (unpaired) electrons. The lowest BCUT2D eigenvalue weighted by Crippen LogP contribution is -2.36. The topological polar surface area (TPSA) is 115 Å². The zero-order valence-electron chi connectivity index (χ0n) is 24.2. The van der Waals surface area contributed by atoms with E-state index in [9.17, 15) is 14.0 Å². The fourth-order valence-corrected chi connectivity index (χ4v) is 4.81. The molecule has 1 aliphatic heterocycles. The first-order chi connectivity index (χ1) is 20.8.